The fraction of sp³-hybridized carbons (Fsp3) is 0.200. The quantitative estimate of drug-likeness (QED) is 0.708. The van der Waals surface area contributed by atoms with Crippen molar-refractivity contribution < 1.29 is 0 Å². The summed E-state index contributed by atoms with van der Waals surface area (Å²) in [5, 5.41) is 4.09. The van der Waals surface area contributed by atoms with E-state index < -0.39 is 0 Å². The molecule has 5 heteroatoms. The Morgan fingerprint density at radius 1 is 1.15 bits per heavy atom. The van der Waals surface area contributed by atoms with E-state index in [2.05, 4.69) is 56.2 Å². The number of benzene rings is 2. The number of anilines is 1. The normalized spacial score (nSPS) is 12.2. The first-order chi connectivity index (χ1) is 9.51. The van der Waals surface area contributed by atoms with Gasteiger partial charge >= 0.3 is 0 Å². The Labute approximate surface area is 141 Å². The van der Waals surface area contributed by atoms with Gasteiger partial charge in [0.25, 0.3) is 0 Å². The summed E-state index contributed by atoms with van der Waals surface area (Å²) in [6.07, 6.45) is 0. The molecule has 2 aromatic carbocycles. The van der Waals surface area contributed by atoms with Crippen molar-refractivity contribution in [2.75, 3.05) is 11.9 Å². The fourth-order valence-corrected chi connectivity index (χ4v) is 2.62. The lowest BCUT2D eigenvalue weighted by molar-refractivity contribution is 0.789. The van der Waals surface area contributed by atoms with E-state index >= 15 is 0 Å². The highest BCUT2D eigenvalue weighted by atomic mass is 79.9. The third-order valence-corrected chi connectivity index (χ3v) is 5.20. The Bertz CT molecular complexity index is 617. The Morgan fingerprint density at radius 3 is 2.45 bits per heavy atom. The molecule has 0 heterocycles. The number of nitrogens with two attached hydrogens (primary N) is 1. The van der Waals surface area contributed by atoms with Crippen LogP contribution < -0.4 is 11.1 Å². The standard InChI is InChI=1S/C15H15Br2ClN2/c1-9-6-10(2-4-12(9)16)15(8-19)20-11-3-5-13(17)14(18)7-11/h2-7,15,20H,8,19H2,1H3. The number of halogens is 3. The van der Waals surface area contributed by atoms with Crippen LogP contribution in [-0.4, -0.2) is 6.54 Å². The zero-order valence-electron chi connectivity index (χ0n) is 11.0. The summed E-state index contributed by atoms with van der Waals surface area (Å²) in [6, 6.07) is 12.1. The number of aryl methyl sites for hydroxylation is 1. The van der Waals surface area contributed by atoms with Gasteiger partial charge < -0.3 is 11.1 Å². The van der Waals surface area contributed by atoms with E-state index in [1.807, 2.05) is 24.3 Å². The maximum Gasteiger partial charge on any atom is 0.0636 e. The van der Waals surface area contributed by atoms with Gasteiger partial charge in [-0.2, -0.15) is 0 Å². The van der Waals surface area contributed by atoms with Gasteiger partial charge in [-0.1, -0.05) is 39.7 Å². The van der Waals surface area contributed by atoms with E-state index in [4.69, 9.17) is 17.3 Å². The molecule has 0 radical (unpaired) electrons. The third kappa shape index (κ3) is 3.76. The van der Waals surface area contributed by atoms with Crippen LogP contribution in [0.2, 0.25) is 5.02 Å². The van der Waals surface area contributed by atoms with E-state index in [1.165, 1.54) is 5.56 Å². The van der Waals surface area contributed by atoms with Crippen molar-refractivity contribution in [2.24, 2.45) is 5.73 Å². The topological polar surface area (TPSA) is 38.0 Å². The van der Waals surface area contributed by atoms with Gasteiger partial charge in [0.15, 0.2) is 0 Å². The summed E-state index contributed by atoms with van der Waals surface area (Å²) in [5.41, 5.74) is 9.20. The van der Waals surface area contributed by atoms with Crippen LogP contribution in [0.15, 0.2) is 45.3 Å². The zero-order valence-corrected chi connectivity index (χ0v) is 14.9. The molecule has 0 aromatic heterocycles. The van der Waals surface area contributed by atoms with Gasteiger partial charge in [-0.05, 0) is 58.2 Å². The molecule has 0 fully saturated rings. The minimum atomic E-state index is 0.0547. The lowest BCUT2D eigenvalue weighted by atomic mass is 10.0. The van der Waals surface area contributed by atoms with Crippen LogP contribution in [0.25, 0.3) is 0 Å². The molecule has 2 aromatic rings. The van der Waals surface area contributed by atoms with E-state index in [0.29, 0.717) is 11.6 Å². The van der Waals surface area contributed by atoms with E-state index in [-0.39, 0.29) is 6.04 Å². The molecule has 1 atom stereocenters. The minimum absolute atomic E-state index is 0.0547. The Kier molecular flexibility index (Phi) is 5.49. The molecule has 0 aliphatic heterocycles. The monoisotopic (exact) mass is 416 g/mol. The van der Waals surface area contributed by atoms with Crippen LogP contribution >= 0.6 is 43.5 Å². The van der Waals surface area contributed by atoms with Gasteiger partial charge in [0.05, 0.1) is 11.1 Å². The van der Waals surface area contributed by atoms with Gasteiger partial charge in [0.1, 0.15) is 0 Å². The number of hydrogen-bond donors (Lipinski definition) is 2. The smallest absolute Gasteiger partial charge is 0.0636 e. The van der Waals surface area contributed by atoms with Gasteiger partial charge in [0.2, 0.25) is 0 Å². The largest absolute Gasteiger partial charge is 0.377 e. The minimum Gasteiger partial charge on any atom is -0.377 e. The molecular weight excluding hydrogens is 403 g/mol. The molecule has 0 spiro atoms. The van der Waals surface area contributed by atoms with Crippen molar-refractivity contribution in [3.63, 3.8) is 0 Å². The molecule has 3 N–H and O–H groups in total. The molecular formula is C15H15Br2ClN2. The first-order valence-corrected chi connectivity index (χ1v) is 8.15. The SMILES string of the molecule is Cc1cc(C(CN)Nc2ccc(Br)c(Cl)c2)ccc1Br. The molecule has 2 rings (SSSR count). The van der Waals surface area contributed by atoms with E-state index in [0.717, 1.165) is 20.2 Å². The number of rotatable bonds is 4. The lowest BCUT2D eigenvalue weighted by Gasteiger charge is -2.20. The van der Waals surface area contributed by atoms with Crippen molar-refractivity contribution in [1.29, 1.82) is 0 Å². The maximum atomic E-state index is 6.11. The summed E-state index contributed by atoms with van der Waals surface area (Å²) in [5.74, 6) is 0. The van der Waals surface area contributed by atoms with Crippen LogP contribution in [0.1, 0.15) is 17.2 Å². The average molecular weight is 419 g/mol. The van der Waals surface area contributed by atoms with Crippen LogP contribution in [0.4, 0.5) is 5.69 Å². The predicted octanol–water partition coefficient (Wildman–Crippen LogP) is 5.29. The van der Waals surface area contributed by atoms with Gasteiger partial charge in [-0.15, -0.1) is 0 Å². The second-order valence-electron chi connectivity index (χ2n) is 4.57. The van der Waals surface area contributed by atoms with E-state index in [9.17, 15) is 0 Å². The van der Waals surface area contributed by atoms with Gasteiger partial charge in [0, 0.05) is 21.2 Å². The maximum absolute atomic E-state index is 6.11. The molecule has 106 valence electrons. The fourth-order valence-electron chi connectivity index (χ4n) is 1.95. The van der Waals surface area contributed by atoms with Crippen LogP contribution in [0.3, 0.4) is 0 Å². The molecule has 0 aliphatic carbocycles. The van der Waals surface area contributed by atoms with Crippen molar-refractivity contribution in [3.8, 4) is 0 Å². The average Bonchev–Trinajstić information content (AvgIpc) is 2.43. The Hall–Kier alpha value is -0.550. The highest BCUT2D eigenvalue weighted by Gasteiger charge is 2.11. The first-order valence-electron chi connectivity index (χ1n) is 6.19. The molecule has 1 unspecified atom stereocenters. The molecule has 0 aliphatic rings. The van der Waals surface area contributed by atoms with Crippen molar-refractivity contribution in [2.45, 2.75) is 13.0 Å². The van der Waals surface area contributed by atoms with Crippen molar-refractivity contribution in [3.05, 3.63) is 61.5 Å². The molecule has 0 amide bonds. The van der Waals surface area contributed by atoms with Gasteiger partial charge in [-0.3, -0.25) is 0 Å². The molecule has 2 nitrogen and oxygen atoms in total. The van der Waals surface area contributed by atoms with Crippen molar-refractivity contribution >= 4 is 49.1 Å². The summed E-state index contributed by atoms with van der Waals surface area (Å²) < 4.78 is 1.98. The zero-order chi connectivity index (χ0) is 14.7. The van der Waals surface area contributed by atoms with Crippen LogP contribution in [0.5, 0.6) is 0 Å². The summed E-state index contributed by atoms with van der Waals surface area (Å²) >= 11 is 13.0. The Balaban J connectivity index is 2.23. The molecule has 0 bridgehead atoms. The molecule has 20 heavy (non-hydrogen) atoms. The number of nitrogens with one attached hydrogen (secondary N) is 1. The molecule has 0 saturated carbocycles. The summed E-state index contributed by atoms with van der Waals surface area (Å²) in [6.45, 7) is 2.58. The third-order valence-electron chi connectivity index (χ3n) is 3.08. The lowest BCUT2D eigenvalue weighted by Crippen LogP contribution is -2.20. The first kappa shape index (κ1) is 15.8. The second kappa shape index (κ2) is 6.94. The summed E-state index contributed by atoms with van der Waals surface area (Å²) in [7, 11) is 0. The highest BCUT2D eigenvalue weighted by Crippen LogP contribution is 2.28. The number of hydrogen-bond acceptors (Lipinski definition) is 2. The van der Waals surface area contributed by atoms with Crippen molar-refractivity contribution in [1.82, 2.24) is 0 Å². The predicted molar refractivity (Wildman–Crippen MR) is 93.4 cm³/mol. The summed E-state index contributed by atoms with van der Waals surface area (Å²) in [4.78, 5) is 0. The van der Waals surface area contributed by atoms with Crippen LogP contribution in [0, 0.1) is 6.92 Å². The van der Waals surface area contributed by atoms with Crippen LogP contribution in [-0.2, 0) is 0 Å². The molecule has 0 saturated heterocycles. The Morgan fingerprint density at radius 2 is 1.85 bits per heavy atom. The highest BCUT2D eigenvalue weighted by molar-refractivity contribution is 9.10. The second-order valence-corrected chi connectivity index (χ2v) is 6.69. The van der Waals surface area contributed by atoms with Gasteiger partial charge in [-0.25, -0.2) is 0 Å². The van der Waals surface area contributed by atoms with E-state index in [1.54, 1.807) is 0 Å².